The Hall–Kier alpha value is -0.820. The van der Waals surface area contributed by atoms with E-state index in [1.165, 1.54) is 5.56 Å². The first-order chi connectivity index (χ1) is 10.8. The molecule has 2 aliphatic rings. The van der Waals surface area contributed by atoms with Crippen molar-refractivity contribution >= 4 is 29.0 Å². The Bertz CT molecular complexity index is 552. The molecular weight excluding hydrogens is 403 g/mol. The minimum atomic E-state index is -0.443. The number of hydrogen-bond donors (Lipinski definition) is 0. The molecule has 126 valence electrons. The van der Waals surface area contributed by atoms with Crippen LogP contribution in [0.4, 0.5) is 4.79 Å². The first kappa shape index (κ1) is 17.0. The third kappa shape index (κ3) is 4.38. The average Bonchev–Trinajstić information content (AvgIpc) is 3.21. The number of amides is 1. The van der Waals surface area contributed by atoms with Gasteiger partial charge >= 0.3 is 6.09 Å². The van der Waals surface area contributed by atoms with Gasteiger partial charge in [-0.3, -0.25) is 0 Å². The summed E-state index contributed by atoms with van der Waals surface area (Å²) in [5.41, 5.74) is 0.886. The molecule has 0 radical (unpaired) electrons. The van der Waals surface area contributed by atoms with Crippen LogP contribution in [-0.2, 0) is 4.74 Å². The van der Waals surface area contributed by atoms with Crippen LogP contribution in [0.3, 0.4) is 0 Å². The quantitative estimate of drug-likeness (QED) is 0.536. The average molecular weight is 428 g/mol. The lowest BCUT2D eigenvalue weighted by Crippen LogP contribution is -2.49. The van der Waals surface area contributed by atoms with Crippen molar-refractivity contribution in [3.63, 3.8) is 0 Å². The fourth-order valence-corrected chi connectivity index (χ4v) is 4.27. The molecule has 1 saturated carbocycles. The molecule has 1 heterocycles. The van der Waals surface area contributed by atoms with Gasteiger partial charge in [-0.25, -0.2) is 7.91 Å². The second kappa shape index (κ2) is 6.59. The highest BCUT2D eigenvalue weighted by Crippen LogP contribution is 2.45. The maximum absolute atomic E-state index is 12.7. The van der Waals surface area contributed by atoms with Crippen LogP contribution in [0.25, 0.3) is 0 Å². The molecule has 0 spiro atoms. The summed E-state index contributed by atoms with van der Waals surface area (Å²) >= 11 is 2.34. The van der Waals surface area contributed by atoms with E-state index in [0.717, 1.165) is 26.1 Å². The van der Waals surface area contributed by atoms with Crippen LogP contribution >= 0.6 is 22.9 Å². The predicted octanol–water partition coefficient (Wildman–Crippen LogP) is 4.06. The molecule has 3 rings (SSSR count). The Kier molecular flexibility index (Phi) is 4.88. The molecule has 0 bridgehead atoms. The van der Waals surface area contributed by atoms with E-state index in [1.807, 2.05) is 31.7 Å². The number of carbonyl (C=O) groups is 1. The van der Waals surface area contributed by atoms with E-state index >= 15 is 0 Å². The SMILES string of the molecule is CC(C)(C)OC(=O)N(CC1CN(I)C1)[C@@H]1C[C@H]1c1ccccc1. The Labute approximate surface area is 152 Å². The lowest BCUT2D eigenvalue weighted by atomic mass is 10.0. The molecule has 0 aromatic heterocycles. The van der Waals surface area contributed by atoms with E-state index in [2.05, 4.69) is 50.2 Å². The van der Waals surface area contributed by atoms with Gasteiger partial charge in [-0.2, -0.15) is 0 Å². The maximum atomic E-state index is 12.7. The first-order valence-corrected chi connectivity index (χ1v) is 9.25. The van der Waals surface area contributed by atoms with Gasteiger partial charge in [-0.1, -0.05) is 30.3 Å². The van der Waals surface area contributed by atoms with Gasteiger partial charge in [0.1, 0.15) is 5.60 Å². The van der Waals surface area contributed by atoms with Crippen LogP contribution in [0.5, 0.6) is 0 Å². The van der Waals surface area contributed by atoms with Crippen molar-refractivity contribution in [3.8, 4) is 0 Å². The van der Waals surface area contributed by atoms with Gasteiger partial charge in [-0.15, -0.1) is 0 Å². The Balaban J connectivity index is 1.67. The summed E-state index contributed by atoms with van der Waals surface area (Å²) in [6.45, 7) is 8.72. The van der Waals surface area contributed by atoms with Crippen LogP contribution in [0.2, 0.25) is 0 Å². The van der Waals surface area contributed by atoms with Gasteiger partial charge in [0, 0.05) is 60.4 Å². The van der Waals surface area contributed by atoms with Gasteiger partial charge in [0.15, 0.2) is 0 Å². The zero-order chi connectivity index (χ0) is 16.6. The van der Waals surface area contributed by atoms with E-state index < -0.39 is 5.60 Å². The number of carbonyl (C=O) groups excluding carboxylic acids is 1. The number of hydrogen-bond acceptors (Lipinski definition) is 3. The van der Waals surface area contributed by atoms with Gasteiger partial charge < -0.3 is 9.64 Å². The molecule has 0 N–H and O–H groups in total. The number of nitrogens with zero attached hydrogens (tertiary/aromatic N) is 2. The molecule has 1 aliphatic heterocycles. The van der Waals surface area contributed by atoms with Crippen molar-refractivity contribution in [3.05, 3.63) is 35.9 Å². The van der Waals surface area contributed by atoms with Gasteiger partial charge in [0.2, 0.25) is 0 Å². The fourth-order valence-electron chi connectivity index (χ4n) is 3.15. The number of ether oxygens (including phenoxy) is 1. The topological polar surface area (TPSA) is 32.8 Å². The minimum Gasteiger partial charge on any atom is -0.444 e. The molecule has 2 fully saturated rings. The highest BCUT2D eigenvalue weighted by molar-refractivity contribution is 14.1. The van der Waals surface area contributed by atoms with Gasteiger partial charge in [-0.05, 0) is 32.8 Å². The highest BCUT2D eigenvalue weighted by Gasteiger charge is 2.47. The predicted molar refractivity (Wildman–Crippen MR) is 99.6 cm³/mol. The molecule has 1 aromatic carbocycles. The van der Waals surface area contributed by atoms with Crippen LogP contribution in [-0.4, -0.2) is 45.4 Å². The molecule has 1 saturated heterocycles. The van der Waals surface area contributed by atoms with Crippen molar-refractivity contribution < 1.29 is 9.53 Å². The molecule has 4 nitrogen and oxygen atoms in total. The normalized spacial score (nSPS) is 24.9. The first-order valence-electron chi connectivity index (χ1n) is 8.29. The summed E-state index contributed by atoms with van der Waals surface area (Å²) in [6.07, 6.45) is 0.886. The second-order valence-electron chi connectivity index (χ2n) is 7.65. The van der Waals surface area contributed by atoms with Crippen LogP contribution in [0, 0.1) is 5.92 Å². The Morgan fingerprint density at radius 1 is 1.30 bits per heavy atom. The van der Waals surface area contributed by atoms with Gasteiger partial charge in [0.25, 0.3) is 0 Å². The Morgan fingerprint density at radius 2 is 1.96 bits per heavy atom. The summed E-state index contributed by atoms with van der Waals surface area (Å²) in [5, 5.41) is 0. The zero-order valence-corrected chi connectivity index (χ0v) is 16.2. The maximum Gasteiger partial charge on any atom is 0.410 e. The third-order valence-electron chi connectivity index (χ3n) is 4.38. The van der Waals surface area contributed by atoms with Gasteiger partial charge in [0.05, 0.1) is 0 Å². The van der Waals surface area contributed by atoms with E-state index in [-0.39, 0.29) is 12.1 Å². The molecule has 0 unspecified atom stereocenters. The van der Waals surface area contributed by atoms with E-state index in [4.69, 9.17) is 4.74 Å². The summed E-state index contributed by atoms with van der Waals surface area (Å²) in [5.74, 6) is 1.02. The number of rotatable bonds is 4. The lowest BCUT2D eigenvalue weighted by molar-refractivity contribution is 0.0159. The molecule has 1 aliphatic carbocycles. The van der Waals surface area contributed by atoms with Crippen molar-refractivity contribution in [2.75, 3.05) is 19.6 Å². The standard InChI is InChI=1S/C18H25IN2O2/c1-18(2,3)23-17(22)21(12-13-10-20(19)11-13)16-9-15(16)14-7-5-4-6-8-14/h4-8,13,15-16H,9-12H2,1-3H3/t15-,16+/m0/s1. The minimum absolute atomic E-state index is 0.159. The largest absolute Gasteiger partial charge is 0.444 e. The molecule has 5 heteroatoms. The van der Waals surface area contributed by atoms with Crippen molar-refractivity contribution in [2.24, 2.45) is 5.92 Å². The van der Waals surface area contributed by atoms with Crippen LogP contribution in [0.15, 0.2) is 30.3 Å². The third-order valence-corrected chi connectivity index (χ3v) is 5.17. The summed E-state index contributed by atoms with van der Waals surface area (Å²) in [4.78, 5) is 14.6. The fraction of sp³-hybridized carbons (Fsp3) is 0.611. The van der Waals surface area contributed by atoms with E-state index in [9.17, 15) is 4.79 Å². The van der Waals surface area contributed by atoms with Crippen molar-refractivity contribution in [1.82, 2.24) is 8.01 Å². The number of benzene rings is 1. The summed E-state index contributed by atoms with van der Waals surface area (Å²) < 4.78 is 7.91. The highest BCUT2D eigenvalue weighted by atomic mass is 127. The number of halogens is 1. The lowest BCUT2D eigenvalue weighted by Gasteiger charge is -2.38. The van der Waals surface area contributed by atoms with Crippen LogP contribution in [0.1, 0.15) is 38.7 Å². The molecular formula is C18H25IN2O2. The molecule has 1 aromatic rings. The van der Waals surface area contributed by atoms with Crippen molar-refractivity contribution in [1.29, 1.82) is 0 Å². The monoisotopic (exact) mass is 428 g/mol. The molecule has 1 amide bonds. The zero-order valence-electron chi connectivity index (χ0n) is 14.0. The Morgan fingerprint density at radius 3 is 2.52 bits per heavy atom. The van der Waals surface area contributed by atoms with E-state index in [1.54, 1.807) is 0 Å². The van der Waals surface area contributed by atoms with Crippen LogP contribution < -0.4 is 0 Å². The summed E-state index contributed by atoms with van der Waals surface area (Å²) in [7, 11) is 0. The smallest absolute Gasteiger partial charge is 0.410 e. The summed E-state index contributed by atoms with van der Waals surface area (Å²) in [6, 6.07) is 10.8. The van der Waals surface area contributed by atoms with Crippen molar-refractivity contribution in [2.45, 2.75) is 44.8 Å². The van der Waals surface area contributed by atoms with E-state index in [0.29, 0.717) is 11.8 Å². The molecule has 23 heavy (non-hydrogen) atoms. The molecule has 2 atom stereocenters. The second-order valence-corrected chi connectivity index (χ2v) is 9.01.